The van der Waals surface area contributed by atoms with E-state index in [1.807, 2.05) is 6.92 Å². The van der Waals surface area contributed by atoms with Gasteiger partial charge in [-0.25, -0.2) is 0 Å². The Hall–Kier alpha value is -0.840. The molecule has 2 fully saturated rings. The van der Waals surface area contributed by atoms with E-state index in [-0.39, 0.29) is 11.9 Å². The molecule has 1 N–H and O–H groups in total. The Bertz CT molecular complexity index is 297. The maximum absolute atomic E-state index is 11.6. The van der Waals surface area contributed by atoms with Crippen LogP contribution in [0.15, 0.2) is 0 Å². The Morgan fingerprint density at radius 3 is 2.53 bits per heavy atom. The van der Waals surface area contributed by atoms with Crippen LogP contribution in [0, 0.1) is 5.92 Å². The van der Waals surface area contributed by atoms with Crippen LogP contribution in [0.2, 0.25) is 0 Å². The molecule has 2 aliphatic rings. The zero-order valence-corrected chi connectivity index (χ0v) is 11.1. The SMILES string of the molecule is CCOC(=O)C1CCN(C(=S)NC2CC2)CC1. The van der Waals surface area contributed by atoms with Gasteiger partial charge in [0, 0.05) is 19.1 Å². The maximum Gasteiger partial charge on any atom is 0.309 e. The molecular weight excluding hydrogens is 236 g/mol. The smallest absolute Gasteiger partial charge is 0.309 e. The lowest BCUT2D eigenvalue weighted by Crippen LogP contribution is -2.46. The number of nitrogens with one attached hydrogen (secondary N) is 1. The highest BCUT2D eigenvalue weighted by molar-refractivity contribution is 7.80. The molecule has 17 heavy (non-hydrogen) atoms. The summed E-state index contributed by atoms with van der Waals surface area (Å²) < 4.78 is 5.05. The number of likely N-dealkylation sites (tertiary alicyclic amines) is 1. The quantitative estimate of drug-likeness (QED) is 0.609. The maximum atomic E-state index is 11.6. The Morgan fingerprint density at radius 2 is 2.00 bits per heavy atom. The highest BCUT2D eigenvalue weighted by atomic mass is 32.1. The molecular formula is C12H20N2O2S. The number of carbonyl (C=O) groups is 1. The largest absolute Gasteiger partial charge is 0.466 e. The van der Waals surface area contributed by atoms with Gasteiger partial charge in [0.25, 0.3) is 0 Å². The Balaban J connectivity index is 1.73. The van der Waals surface area contributed by atoms with Gasteiger partial charge in [-0.3, -0.25) is 4.79 Å². The number of ether oxygens (including phenoxy) is 1. The molecule has 0 aromatic rings. The third kappa shape index (κ3) is 3.56. The number of hydrogen-bond donors (Lipinski definition) is 1. The molecule has 0 aromatic heterocycles. The van der Waals surface area contributed by atoms with E-state index in [0.29, 0.717) is 12.6 Å². The first-order valence-electron chi connectivity index (χ1n) is 6.42. The van der Waals surface area contributed by atoms with Gasteiger partial charge < -0.3 is 15.0 Å². The standard InChI is InChI=1S/C12H20N2O2S/c1-2-16-11(15)9-5-7-14(8-6-9)12(17)13-10-3-4-10/h9-10H,2-8H2,1H3,(H,13,17). The lowest BCUT2D eigenvalue weighted by molar-refractivity contribution is -0.149. The monoisotopic (exact) mass is 256 g/mol. The van der Waals surface area contributed by atoms with E-state index < -0.39 is 0 Å². The molecule has 96 valence electrons. The first kappa shape index (κ1) is 12.6. The molecule has 0 radical (unpaired) electrons. The zero-order chi connectivity index (χ0) is 12.3. The molecule has 1 heterocycles. The Morgan fingerprint density at radius 1 is 1.35 bits per heavy atom. The average Bonchev–Trinajstić information content (AvgIpc) is 3.13. The number of carbonyl (C=O) groups excluding carboxylic acids is 1. The third-order valence-electron chi connectivity index (χ3n) is 3.31. The van der Waals surface area contributed by atoms with Gasteiger partial charge >= 0.3 is 5.97 Å². The fraction of sp³-hybridized carbons (Fsp3) is 0.833. The van der Waals surface area contributed by atoms with Gasteiger partial charge in [0.1, 0.15) is 0 Å². The second kappa shape index (κ2) is 5.67. The summed E-state index contributed by atoms with van der Waals surface area (Å²) in [5, 5.41) is 4.19. The molecule has 0 aromatic carbocycles. The van der Waals surface area contributed by atoms with Crippen LogP contribution in [0.1, 0.15) is 32.6 Å². The molecule has 4 nitrogen and oxygen atoms in total. The van der Waals surface area contributed by atoms with Crippen molar-refractivity contribution in [1.82, 2.24) is 10.2 Å². The molecule has 1 saturated carbocycles. The fourth-order valence-electron chi connectivity index (χ4n) is 2.07. The van der Waals surface area contributed by atoms with Crippen LogP contribution < -0.4 is 5.32 Å². The Kier molecular flexibility index (Phi) is 4.20. The van der Waals surface area contributed by atoms with Gasteiger partial charge in [0.2, 0.25) is 0 Å². The number of piperidine rings is 1. The molecule has 0 spiro atoms. The van der Waals surface area contributed by atoms with E-state index in [1.165, 1.54) is 12.8 Å². The first-order chi connectivity index (χ1) is 8.20. The predicted octanol–water partition coefficient (Wildman–Crippen LogP) is 1.30. The molecule has 1 aliphatic heterocycles. The van der Waals surface area contributed by atoms with Crippen molar-refractivity contribution in [2.24, 2.45) is 5.92 Å². The summed E-state index contributed by atoms with van der Waals surface area (Å²) in [6, 6.07) is 0.602. The summed E-state index contributed by atoms with van der Waals surface area (Å²) in [6.07, 6.45) is 4.18. The predicted molar refractivity (Wildman–Crippen MR) is 69.7 cm³/mol. The van der Waals surface area contributed by atoms with Crippen molar-refractivity contribution >= 4 is 23.3 Å². The van der Waals surface area contributed by atoms with Crippen molar-refractivity contribution in [1.29, 1.82) is 0 Å². The highest BCUT2D eigenvalue weighted by Crippen LogP contribution is 2.22. The highest BCUT2D eigenvalue weighted by Gasteiger charge is 2.29. The van der Waals surface area contributed by atoms with Crippen LogP contribution in [0.5, 0.6) is 0 Å². The van der Waals surface area contributed by atoms with Gasteiger partial charge in [-0.05, 0) is 44.8 Å². The fourth-order valence-corrected chi connectivity index (χ4v) is 2.42. The normalized spacial score (nSPS) is 21.1. The van der Waals surface area contributed by atoms with Gasteiger partial charge in [0.05, 0.1) is 12.5 Å². The van der Waals surface area contributed by atoms with Crippen LogP contribution in [0.4, 0.5) is 0 Å². The minimum Gasteiger partial charge on any atom is -0.466 e. The van der Waals surface area contributed by atoms with Gasteiger partial charge in [-0.1, -0.05) is 0 Å². The number of nitrogens with zero attached hydrogens (tertiary/aromatic N) is 1. The van der Waals surface area contributed by atoms with E-state index in [1.54, 1.807) is 0 Å². The molecule has 1 aliphatic carbocycles. The number of esters is 1. The second-order valence-electron chi connectivity index (χ2n) is 4.74. The molecule has 5 heteroatoms. The minimum atomic E-state index is -0.0479. The van der Waals surface area contributed by atoms with Gasteiger partial charge in [0.15, 0.2) is 5.11 Å². The van der Waals surface area contributed by atoms with Crippen molar-refractivity contribution in [3.05, 3.63) is 0 Å². The van der Waals surface area contributed by atoms with E-state index >= 15 is 0 Å². The molecule has 1 saturated heterocycles. The number of rotatable bonds is 3. The molecule has 0 bridgehead atoms. The summed E-state index contributed by atoms with van der Waals surface area (Å²) in [5.74, 6) is 0.0168. The number of thiocarbonyl (C=S) groups is 1. The van der Waals surface area contributed by atoms with Crippen LogP contribution in [-0.4, -0.2) is 41.7 Å². The summed E-state index contributed by atoms with van der Waals surface area (Å²) in [4.78, 5) is 13.7. The van der Waals surface area contributed by atoms with Crippen LogP contribution in [0.25, 0.3) is 0 Å². The van der Waals surface area contributed by atoms with E-state index in [0.717, 1.165) is 31.0 Å². The number of hydrogen-bond acceptors (Lipinski definition) is 3. The van der Waals surface area contributed by atoms with Crippen molar-refractivity contribution in [3.8, 4) is 0 Å². The second-order valence-corrected chi connectivity index (χ2v) is 5.12. The zero-order valence-electron chi connectivity index (χ0n) is 10.3. The summed E-state index contributed by atoms with van der Waals surface area (Å²) in [7, 11) is 0. The summed E-state index contributed by atoms with van der Waals surface area (Å²) >= 11 is 5.34. The van der Waals surface area contributed by atoms with Gasteiger partial charge in [-0.15, -0.1) is 0 Å². The van der Waals surface area contributed by atoms with Crippen molar-refractivity contribution in [3.63, 3.8) is 0 Å². The lowest BCUT2D eigenvalue weighted by atomic mass is 9.97. The van der Waals surface area contributed by atoms with E-state index in [9.17, 15) is 4.79 Å². The lowest BCUT2D eigenvalue weighted by Gasteiger charge is -2.32. The third-order valence-corrected chi connectivity index (χ3v) is 3.68. The van der Waals surface area contributed by atoms with Gasteiger partial charge in [-0.2, -0.15) is 0 Å². The average molecular weight is 256 g/mol. The van der Waals surface area contributed by atoms with Crippen molar-refractivity contribution < 1.29 is 9.53 Å². The Labute approximate surface area is 108 Å². The molecule has 0 unspecified atom stereocenters. The van der Waals surface area contributed by atoms with Crippen LogP contribution >= 0.6 is 12.2 Å². The summed E-state index contributed by atoms with van der Waals surface area (Å²) in [6.45, 7) is 4.05. The summed E-state index contributed by atoms with van der Waals surface area (Å²) in [5.41, 5.74) is 0. The van der Waals surface area contributed by atoms with Crippen LogP contribution in [0.3, 0.4) is 0 Å². The van der Waals surface area contributed by atoms with Crippen molar-refractivity contribution in [2.45, 2.75) is 38.6 Å². The minimum absolute atomic E-state index is 0.0479. The topological polar surface area (TPSA) is 41.6 Å². The van der Waals surface area contributed by atoms with Crippen molar-refractivity contribution in [2.75, 3.05) is 19.7 Å². The molecule has 2 rings (SSSR count). The van der Waals surface area contributed by atoms with Crippen LogP contribution in [-0.2, 0) is 9.53 Å². The first-order valence-corrected chi connectivity index (χ1v) is 6.83. The van der Waals surface area contributed by atoms with E-state index in [2.05, 4.69) is 10.2 Å². The van der Waals surface area contributed by atoms with E-state index in [4.69, 9.17) is 17.0 Å². The molecule has 0 atom stereocenters. The molecule has 0 amide bonds.